The Morgan fingerprint density at radius 2 is 2.28 bits per heavy atom. The lowest BCUT2D eigenvalue weighted by Gasteiger charge is -2.22. The van der Waals surface area contributed by atoms with Crippen molar-refractivity contribution in [3.05, 3.63) is 22.2 Å². The van der Waals surface area contributed by atoms with E-state index in [0.29, 0.717) is 18.2 Å². The Bertz CT molecular complexity index is 439. The van der Waals surface area contributed by atoms with Gasteiger partial charge in [0.1, 0.15) is 0 Å². The normalized spacial score (nSPS) is 24.4. The standard InChI is InChI=1S/C13H19BrN2O2/c1-16-7-8(6-15)5-10(16)12-9(14)3-4-11(18-2)13(12)17/h3-4,8,10,17H,5-7,15H2,1-2H3. The van der Waals surface area contributed by atoms with Crippen LogP contribution < -0.4 is 10.5 Å². The molecule has 1 aliphatic heterocycles. The van der Waals surface area contributed by atoms with E-state index < -0.39 is 0 Å². The van der Waals surface area contributed by atoms with Crippen molar-refractivity contribution in [2.24, 2.45) is 11.7 Å². The number of nitrogens with zero attached hydrogens (tertiary/aromatic N) is 1. The number of phenols is 1. The van der Waals surface area contributed by atoms with Gasteiger partial charge >= 0.3 is 0 Å². The summed E-state index contributed by atoms with van der Waals surface area (Å²) in [4.78, 5) is 2.23. The number of hydrogen-bond donors (Lipinski definition) is 2. The van der Waals surface area contributed by atoms with Gasteiger partial charge in [0.25, 0.3) is 0 Å². The van der Waals surface area contributed by atoms with Crippen molar-refractivity contribution in [2.45, 2.75) is 12.5 Å². The van der Waals surface area contributed by atoms with Crippen LogP contribution in [0.25, 0.3) is 0 Å². The molecule has 1 fully saturated rings. The van der Waals surface area contributed by atoms with Crippen molar-refractivity contribution in [1.29, 1.82) is 0 Å². The number of ether oxygens (including phenoxy) is 1. The Kier molecular flexibility index (Phi) is 4.14. The summed E-state index contributed by atoms with van der Waals surface area (Å²) in [5.74, 6) is 1.22. The lowest BCUT2D eigenvalue weighted by molar-refractivity contribution is 0.299. The zero-order valence-electron chi connectivity index (χ0n) is 10.7. The second-order valence-electron chi connectivity index (χ2n) is 4.80. The van der Waals surface area contributed by atoms with Gasteiger partial charge in [0.2, 0.25) is 0 Å². The third kappa shape index (κ3) is 2.35. The van der Waals surface area contributed by atoms with Crippen molar-refractivity contribution < 1.29 is 9.84 Å². The van der Waals surface area contributed by atoms with Gasteiger partial charge in [-0.05, 0) is 38.1 Å². The van der Waals surface area contributed by atoms with Crippen LogP contribution in [-0.2, 0) is 0 Å². The van der Waals surface area contributed by atoms with Gasteiger partial charge in [-0.3, -0.25) is 4.90 Å². The highest BCUT2D eigenvalue weighted by Gasteiger charge is 2.33. The number of methoxy groups -OCH3 is 1. The molecule has 5 heteroatoms. The molecule has 1 aromatic carbocycles. The van der Waals surface area contributed by atoms with Crippen LogP contribution in [-0.4, -0.2) is 37.3 Å². The van der Waals surface area contributed by atoms with Crippen LogP contribution in [0.3, 0.4) is 0 Å². The quantitative estimate of drug-likeness (QED) is 0.897. The smallest absolute Gasteiger partial charge is 0.163 e. The maximum atomic E-state index is 10.3. The van der Waals surface area contributed by atoms with Gasteiger partial charge in [-0.15, -0.1) is 0 Å². The fourth-order valence-corrected chi connectivity index (χ4v) is 3.24. The third-order valence-electron chi connectivity index (χ3n) is 3.65. The first kappa shape index (κ1) is 13.6. The van der Waals surface area contributed by atoms with Crippen molar-refractivity contribution in [3.8, 4) is 11.5 Å². The molecular weight excluding hydrogens is 296 g/mol. The highest BCUT2D eigenvalue weighted by molar-refractivity contribution is 9.10. The molecule has 1 aliphatic rings. The molecule has 4 nitrogen and oxygen atoms in total. The Labute approximate surface area is 116 Å². The predicted molar refractivity (Wildman–Crippen MR) is 74.9 cm³/mol. The molecular formula is C13H19BrN2O2. The largest absolute Gasteiger partial charge is 0.504 e. The molecule has 2 rings (SSSR count). The zero-order valence-corrected chi connectivity index (χ0v) is 12.3. The summed E-state index contributed by atoms with van der Waals surface area (Å²) < 4.78 is 6.09. The topological polar surface area (TPSA) is 58.7 Å². The first-order valence-electron chi connectivity index (χ1n) is 6.04. The molecule has 0 aromatic heterocycles. The average molecular weight is 315 g/mol. The minimum atomic E-state index is 0.183. The van der Waals surface area contributed by atoms with Crippen LogP contribution in [0.15, 0.2) is 16.6 Å². The van der Waals surface area contributed by atoms with E-state index in [-0.39, 0.29) is 11.8 Å². The third-order valence-corrected chi connectivity index (χ3v) is 4.34. The van der Waals surface area contributed by atoms with Crippen molar-refractivity contribution in [2.75, 3.05) is 27.2 Å². The second kappa shape index (κ2) is 5.47. The summed E-state index contributed by atoms with van der Waals surface area (Å²) in [6.45, 7) is 1.65. The Hall–Kier alpha value is -0.780. The minimum absolute atomic E-state index is 0.183. The lowest BCUT2D eigenvalue weighted by atomic mass is 9.99. The number of rotatable bonds is 3. The van der Waals surface area contributed by atoms with Gasteiger partial charge in [0.05, 0.1) is 7.11 Å². The van der Waals surface area contributed by atoms with Crippen LogP contribution in [0.1, 0.15) is 18.0 Å². The number of halogens is 1. The average Bonchev–Trinajstić information content (AvgIpc) is 2.71. The highest BCUT2D eigenvalue weighted by atomic mass is 79.9. The molecule has 0 bridgehead atoms. The first-order valence-corrected chi connectivity index (χ1v) is 6.83. The molecule has 3 N–H and O–H groups in total. The number of phenolic OH excluding ortho intramolecular Hbond substituents is 1. The second-order valence-corrected chi connectivity index (χ2v) is 5.66. The summed E-state index contributed by atoms with van der Waals surface area (Å²) in [5, 5.41) is 10.3. The van der Waals surface area contributed by atoms with E-state index in [1.165, 1.54) is 0 Å². The van der Waals surface area contributed by atoms with Crippen LogP contribution in [0, 0.1) is 5.92 Å². The highest BCUT2D eigenvalue weighted by Crippen LogP contribution is 2.45. The van der Waals surface area contributed by atoms with Gasteiger partial charge in [-0.25, -0.2) is 0 Å². The van der Waals surface area contributed by atoms with E-state index in [0.717, 1.165) is 23.0 Å². The molecule has 0 amide bonds. The van der Waals surface area contributed by atoms with Crippen LogP contribution >= 0.6 is 15.9 Å². The van der Waals surface area contributed by atoms with E-state index in [2.05, 4.69) is 27.9 Å². The molecule has 1 saturated heterocycles. The van der Waals surface area contributed by atoms with Gasteiger partial charge < -0.3 is 15.6 Å². The van der Waals surface area contributed by atoms with E-state index in [4.69, 9.17) is 10.5 Å². The predicted octanol–water partition coefficient (Wildman–Crippen LogP) is 2.11. The molecule has 100 valence electrons. The monoisotopic (exact) mass is 314 g/mol. The first-order chi connectivity index (χ1) is 8.58. The number of hydrogen-bond acceptors (Lipinski definition) is 4. The zero-order chi connectivity index (χ0) is 13.3. The van der Waals surface area contributed by atoms with E-state index in [1.807, 2.05) is 6.07 Å². The fraction of sp³-hybridized carbons (Fsp3) is 0.538. The van der Waals surface area contributed by atoms with Crippen LogP contribution in [0.4, 0.5) is 0 Å². The Morgan fingerprint density at radius 1 is 1.56 bits per heavy atom. The van der Waals surface area contributed by atoms with Gasteiger partial charge in [0, 0.05) is 22.6 Å². The van der Waals surface area contributed by atoms with Crippen LogP contribution in [0.2, 0.25) is 0 Å². The molecule has 2 atom stereocenters. The molecule has 1 aromatic rings. The van der Waals surface area contributed by atoms with Crippen LogP contribution in [0.5, 0.6) is 11.5 Å². The number of benzene rings is 1. The van der Waals surface area contributed by atoms with Gasteiger partial charge in [-0.1, -0.05) is 15.9 Å². The molecule has 18 heavy (non-hydrogen) atoms. The number of aromatic hydroxyl groups is 1. The van der Waals surface area contributed by atoms with Gasteiger partial charge in [-0.2, -0.15) is 0 Å². The lowest BCUT2D eigenvalue weighted by Crippen LogP contribution is -2.20. The van der Waals surface area contributed by atoms with E-state index in [1.54, 1.807) is 13.2 Å². The summed E-state index contributed by atoms with van der Waals surface area (Å²) >= 11 is 3.52. The number of likely N-dealkylation sites (tertiary alicyclic amines) is 1. The maximum absolute atomic E-state index is 10.3. The fourth-order valence-electron chi connectivity index (χ4n) is 2.66. The molecule has 0 saturated carbocycles. The van der Waals surface area contributed by atoms with Crippen molar-refractivity contribution in [1.82, 2.24) is 4.90 Å². The summed E-state index contributed by atoms with van der Waals surface area (Å²) in [7, 11) is 3.62. The van der Waals surface area contributed by atoms with E-state index >= 15 is 0 Å². The summed E-state index contributed by atoms with van der Waals surface area (Å²) in [6, 6.07) is 3.86. The molecule has 0 radical (unpaired) electrons. The summed E-state index contributed by atoms with van der Waals surface area (Å²) in [6.07, 6.45) is 0.965. The Morgan fingerprint density at radius 3 is 2.83 bits per heavy atom. The van der Waals surface area contributed by atoms with Crippen molar-refractivity contribution in [3.63, 3.8) is 0 Å². The van der Waals surface area contributed by atoms with Crippen molar-refractivity contribution >= 4 is 15.9 Å². The molecule has 0 aliphatic carbocycles. The molecule has 2 unspecified atom stereocenters. The SMILES string of the molecule is COc1ccc(Br)c(C2CC(CN)CN2C)c1O. The molecule has 1 heterocycles. The minimum Gasteiger partial charge on any atom is -0.504 e. The molecule has 0 spiro atoms. The van der Waals surface area contributed by atoms with E-state index in [9.17, 15) is 5.11 Å². The van der Waals surface area contributed by atoms with Gasteiger partial charge in [0.15, 0.2) is 11.5 Å². The Balaban J connectivity index is 2.38. The maximum Gasteiger partial charge on any atom is 0.163 e. The summed E-state index contributed by atoms with van der Waals surface area (Å²) in [5.41, 5.74) is 6.64. The number of nitrogens with two attached hydrogens (primary N) is 1.